The van der Waals surface area contributed by atoms with Crippen molar-refractivity contribution in [2.24, 2.45) is 5.84 Å². The number of hydrogen-bond acceptors (Lipinski definition) is 2. The van der Waals surface area contributed by atoms with Crippen LogP contribution in [0, 0.1) is 0 Å². The monoisotopic (exact) mass is 189 g/mol. The summed E-state index contributed by atoms with van der Waals surface area (Å²) in [7, 11) is 0. The van der Waals surface area contributed by atoms with Crippen LogP contribution in [0.15, 0.2) is 36.5 Å². The first kappa shape index (κ1) is 8.77. The Morgan fingerprint density at radius 2 is 2.14 bits per heavy atom. The minimum absolute atomic E-state index is 0.202. The molecule has 0 atom stereocenters. The summed E-state index contributed by atoms with van der Waals surface area (Å²) in [6, 6.07) is 9.86. The van der Waals surface area contributed by atoms with Gasteiger partial charge in [0.15, 0.2) is 0 Å². The van der Waals surface area contributed by atoms with Crippen LogP contribution in [0.2, 0.25) is 0 Å². The lowest BCUT2D eigenvalue weighted by Crippen LogP contribution is -2.33. The Bertz CT molecular complexity index is 461. The number of aromatic nitrogens is 1. The van der Waals surface area contributed by atoms with E-state index >= 15 is 0 Å². The molecule has 0 aliphatic heterocycles. The zero-order valence-electron chi connectivity index (χ0n) is 7.60. The van der Waals surface area contributed by atoms with E-state index < -0.39 is 0 Å². The molecule has 72 valence electrons. The van der Waals surface area contributed by atoms with E-state index in [4.69, 9.17) is 5.84 Å². The Morgan fingerprint density at radius 1 is 1.36 bits per heavy atom. The van der Waals surface area contributed by atoms with Crippen molar-refractivity contribution in [3.8, 4) is 0 Å². The second-order valence-corrected chi connectivity index (χ2v) is 3.07. The Morgan fingerprint density at radius 3 is 2.93 bits per heavy atom. The maximum Gasteiger partial charge on any atom is 0.253 e. The van der Waals surface area contributed by atoms with Crippen LogP contribution in [0.1, 0.15) is 0 Å². The standard InChI is InChI=1S/C10H11N3O/c11-12-10(14)7-13-6-5-8-3-1-2-4-9(8)13/h1-6H,7,11H2,(H,12,14). The molecule has 0 unspecified atom stereocenters. The van der Waals surface area contributed by atoms with Crippen molar-refractivity contribution >= 4 is 16.8 Å². The smallest absolute Gasteiger partial charge is 0.253 e. The van der Waals surface area contributed by atoms with Gasteiger partial charge in [0.2, 0.25) is 0 Å². The molecule has 4 nitrogen and oxygen atoms in total. The number of nitrogens with one attached hydrogen (secondary N) is 1. The third-order valence-corrected chi connectivity index (χ3v) is 2.16. The average molecular weight is 189 g/mol. The number of nitrogens with zero attached hydrogens (tertiary/aromatic N) is 1. The van der Waals surface area contributed by atoms with Crippen LogP contribution >= 0.6 is 0 Å². The predicted octanol–water partition coefficient (Wildman–Crippen LogP) is 0.631. The molecule has 0 bridgehead atoms. The fraction of sp³-hybridized carbons (Fsp3) is 0.100. The van der Waals surface area contributed by atoms with Crippen molar-refractivity contribution in [1.29, 1.82) is 0 Å². The summed E-state index contributed by atoms with van der Waals surface area (Å²) >= 11 is 0. The molecule has 1 heterocycles. The number of para-hydroxylation sites is 1. The van der Waals surface area contributed by atoms with Gasteiger partial charge in [-0.3, -0.25) is 10.2 Å². The quantitative estimate of drug-likeness (QED) is 0.413. The third kappa shape index (κ3) is 1.47. The van der Waals surface area contributed by atoms with Gasteiger partial charge in [0.25, 0.3) is 5.91 Å². The van der Waals surface area contributed by atoms with Crippen molar-refractivity contribution in [3.63, 3.8) is 0 Å². The van der Waals surface area contributed by atoms with Crippen LogP contribution < -0.4 is 11.3 Å². The second kappa shape index (κ2) is 3.51. The van der Waals surface area contributed by atoms with Crippen LogP contribution in [0.5, 0.6) is 0 Å². The van der Waals surface area contributed by atoms with Gasteiger partial charge in [-0.1, -0.05) is 18.2 Å². The summed E-state index contributed by atoms with van der Waals surface area (Å²) < 4.78 is 1.86. The summed E-state index contributed by atoms with van der Waals surface area (Å²) in [4.78, 5) is 11.1. The van der Waals surface area contributed by atoms with Gasteiger partial charge in [0, 0.05) is 11.7 Å². The first-order valence-electron chi connectivity index (χ1n) is 4.34. The molecule has 0 saturated carbocycles. The highest BCUT2D eigenvalue weighted by Crippen LogP contribution is 2.14. The Balaban J connectivity index is 2.38. The van der Waals surface area contributed by atoms with E-state index in [1.54, 1.807) is 0 Å². The minimum atomic E-state index is -0.202. The van der Waals surface area contributed by atoms with Crippen molar-refractivity contribution in [2.45, 2.75) is 6.54 Å². The van der Waals surface area contributed by atoms with Crippen molar-refractivity contribution in [2.75, 3.05) is 0 Å². The lowest BCUT2D eigenvalue weighted by Gasteiger charge is -2.03. The van der Waals surface area contributed by atoms with E-state index in [0.29, 0.717) is 0 Å². The number of carbonyl (C=O) groups is 1. The van der Waals surface area contributed by atoms with Crippen LogP contribution in [0.4, 0.5) is 0 Å². The molecule has 2 rings (SSSR count). The van der Waals surface area contributed by atoms with Crippen LogP contribution in [0.25, 0.3) is 10.9 Å². The largest absolute Gasteiger partial charge is 0.338 e. The Labute approximate surface area is 81.3 Å². The first-order chi connectivity index (χ1) is 6.81. The number of carbonyl (C=O) groups excluding carboxylic acids is 1. The van der Waals surface area contributed by atoms with Crippen molar-refractivity contribution in [3.05, 3.63) is 36.5 Å². The van der Waals surface area contributed by atoms with E-state index in [0.717, 1.165) is 10.9 Å². The van der Waals surface area contributed by atoms with Gasteiger partial charge in [-0.15, -0.1) is 0 Å². The highest BCUT2D eigenvalue weighted by molar-refractivity contribution is 5.83. The number of rotatable bonds is 2. The number of benzene rings is 1. The van der Waals surface area contributed by atoms with Crippen LogP contribution in [-0.2, 0) is 11.3 Å². The van der Waals surface area contributed by atoms with E-state index in [2.05, 4.69) is 5.43 Å². The first-order valence-corrected chi connectivity index (χ1v) is 4.34. The highest BCUT2D eigenvalue weighted by atomic mass is 16.2. The number of hydrazine groups is 1. The zero-order valence-corrected chi connectivity index (χ0v) is 7.60. The third-order valence-electron chi connectivity index (χ3n) is 2.16. The molecule has 0 aliphatic rings. The Kier molecular flexibility index (Phi) is 2.20. The molecule has 0 spiro atoms. The van der Waals surface area contributed by atoms with E-state index in [1.165, 1.54) is 0 Å². The van der Waals surface area contributed by atoms with Gasteiger partial charge in [-0.05, 0) is 17.5 Å². The average Bonchev–Trinajstić information content (AvgIpc) is 2.62. The Hall–Kier alpha value is -1.81. The van der Waals surface area contributed by atoms with Gasteiger partial charge >= 0.3 is 0 Å². The molecule has 0 aliphatic carbocycles. The summed E-state index contributed by atoms with van der Waals surface area (Å²) in [6.07, 6.45) is 1.87. The normalized spacial score (nSPS) is 10.4. The highest BCUT2D eigenvalue weighted by Gasteiger charge is 2.03. The fourth-order valence-electron chi connectivity index (χ4n) is 1.48. The zero-order chi connectivity index (χ0) is 9.97. The van der Waals surface area contributed by atoms with Crippen molar-refractivity contribution < 1.29 is 4.79 Å². The molecular formula is C10H11N3O. The fourth-order valence-corrected chi connectivity index (χ4v) is 1.48. The van der Waals surface area contributed by atoms with Gasteiger partial charge in [-0.25, -0.2) is 5.84 Å². The molecule has 0 radical (unpaired) electrons. The van der Waals surface area contributed by atoms with Crippen molar-refractivity contribution in [1.82, 2.24) is 9.99 Å². The number of amides is 1. The van der Waals surface area contributed by atoms with E-state index in [9.17, 15) is 4.79 Å². The van der Waals surface area contributed by atoms with Gasteiger partial charge < -0.3 is 4.57 Å². The summed E-state index contributed by atoms with van der Waals surface area (Å²) in [5.41, 5.74) is 3.15. The minimum Gasteiger partial charge on any atom is -0.338 e. The van der Waals surface area contributed by atoms with E-state index in [1.807, 2.05) is 41.1 Å². The topological polar surface area (TPSA) is 60.0 Å². The lowest BCUT2D eigenvalue weighted by molar-refractivity contribution is -0.121. The van der Waals surface area contributed by atoms with Gasteiger partial charge in [0.05, 0.1) is 0 Å². The molecule has 0 saturated heterocycles. The van der Waals surface area contributed by atoms with Gasteiger partial charge in [0.1, 0.15) is 6.54 Å². The summed E-state index contributed by atoms with van der Waals surface area (Å²) in [5, 5.41) is 1.12. The summed E-state index contributed by atoms with van der Waals surface area (Å²) in [6.45, 7) is 0.254. The second-order valence-electron chi connectivity index (χ2n) is 3.07. The molecule has 1 aromatic carbocycles. The number of nitrogens with two attached hydrogens (primary N) is 1. The molecule has 14 heavy (non-hydrogen) atoms. The molecule has 4 heteroatoms. The number of hydrogen-bond donors (Lipinski definition) is 2. The molecular weight excluding hydrogens is 178 g/mol. The molecule has 1 aromatic heterocycles. The van der Waals surface area contributed by atoms with Gasteiger partial charge in [-0.2, -0.15) is 0 Å². The molecule has 3 N–H and O–H groups in total. The lowest BCUT2D eigenvalue weighted by atomic mass is 10.2. The SMILES string of the molecule is NNC(=O)Cn1ccc2ccccc21. The summed E-state index contributed by atoms with van der Waals surface area (Å²) in [5.74, 6) is 4.82. The molecule has 0 fully saturated rings. The molecule has 1 amide bonds. The molecule has 2 aromatic rings. The maximum atomic E-state index is 11.1. The maximum absolute atomic E-state index is 11.1. The van der Waals surface area contributed by atoms with E-state index in [-0.39, 0.29) is 12.5 Å². The van der Waals surface area contributed by atoms with Crippen LogP contribution in [0.3, 0.4) is 0 Å². The number of fused-ring (bicyclic) bond motifs is 1. The van der Waals surface area contributed by atoms with Crippen LogP contribution in [-0.4, -0.2) is 10.5 Å². The predicted molar refractivity (Wildman–Crippen MR) is 54.3 cm³/mol.